The Balaban J connectivity index is 1.91. The number of carbonyl (C=O) groups is 1. The highest BCUT2D eigenvalue weighted by molar-refractivity contribution is 14.1. The number of aromatic amines is 1. The summed E-state index contributed by atoms with van der Waals surface area (Å²) >= 11 is 2.32. The molecule has 3 heterocycles. The molecule has 4 rings (SSSR count). The van der Waals surface area contributed by atoms with Crippen LogP contribution in [0.5, 0.6) is 0 Å². The zero-order chi connectivity index (χ0) is 14.6. The van der Waals surface area contributed by atoms with Crippen molar-refractivity contribution in [2.75, 3.05) is 0 Å². The molecule has 104 valence electrons. The molecule has 2 aromatic heterocycles. The third-order valence-electron chi connectivity index (χ3n) is 3.72. The number of hydrogen-bond acceptors (Lipinski definition) is 3. The van der Waals surface area contributed by atoms with Gasteiger partial charge in [0.1, 0.15) is 5.69 Å². The summed E-state index contributed by atoms with van der Waals surface area (Å²) < 4.78 is 1.20. The van der Waals surface area contributed by atoms with Crippen LogP contribution < -0.4 is 5.32 Å². The number of rotatable bonds is 1. The van der Waals surface area contributed by atoms with Crippen LogP contribution in [0.2, 0.25) is 0 Å². The Hall–Kier alpha value is -1.96. The number of amides is 1. The van der Waals surface area contributed by atoms with Crippen LogP contribution in [-0.4, -0.2) is 21.1 Å². The third kappa shape index (κ3) is 1.93. The quantitative estimate of drug-likeness (QED) is 0.628. The van der Waals surface area contributed by atoms with Crippen LogP contribution in [-0.2, 0) is 6.54 Å². The van der Waals surface area contributed by atoms with Gasteiger partial charge in [0.15, 0.2) is 0 Å². The number of halogens is 1. The minimum absolute atomic E-state index is 0.0545. The van der Waals surface area contributed by atoms with E-state index < -0.39 is 0 Å². The Morgan fingerprint density at radius 1 is 1.29 bits per heavy atom. The molecule has 1 amide bonds. The fourth-order valence-electron chi connectivity index (χ4n) is 2.58. The average Bonchev–Trinajstić information content (AvgIpc) is 3.03. The Kier molecular flexibility index (Phi) is 2.75. The van der Waals surface area contributed by atoms with Gasteiger partial charge in [-0.05, 0) is 59.3 Å². The van der Waals surface area contributed by atoms with Gasteiger partial charge in [-0.2, -0.15) is 5.10 Å². The summed E-state index contributed by atoms with van der Waals surface area (Å²) in [6.07, 6.45) is 0. The van der Waals surface area contributed by atoms with Crippen molar-refractivity contribution in [2.45, 2.75) is 13.5 Å². The number of aryl methyl sites for hydroxylation is 1. The van der Waals surface area contributed by atoms with Crippen molar-refractivity contribution in [1.29, 1.82) is 0 Å². The van der Waals surface area contributed by atoms with E-state index in [0.717, 1.165) is 28.0 Å². The van der Waals surface area contributed by atoms with E-state index in [1.807, 2.05) is 12.1 Å². The number of hydrogen-bond donors (Lipinski definition) is 2. The molecule has 1 aliphatic heterocycles. The van der Waals surface area contributed by atoms with Gasteiger partial charge in [0.25, 0.3) is 5.91 Å². The molecule has 2 N–H and O–H groups in total. The third-order valence-corrected chi connectivity index (χ3v) is 4.88. The number of pyridine rings is 1. The molecule has 1 aliphatic rings. The maximum absolute atomic E-state index is 11.6. The van der Waals surface area contributed by atoms with Crippen LogP contribution in [0.1, 0.15) is 21.6 Å². The lowest BCUT2D eigenvalue weighted by Gasteiger charge is -2.02. The molecule has 0 saturated heterocycles. The fourth-order valence-corrected chi connectivity index (χ4v) is 3.04. The summed E-state index contributed by atoms with van der Waals surface area (Å²) in [4.78, 5) is 16.2. The molecule has 0 bridgehead atoms. The van der Waals surface area contributed by atoms with Crippen LogP contribution in [0.4, 0.5) is 0 Å². The molecule has 6 heteroatoms. The highest BCUT2D eigenvalue weighted by atomic mass is 127. The molecule has 0 radical (unpaired) electrons. The molecule has 0 aliphatic carbocycles. The Morgan fingerprint density at radius 2 is 2.14 bits per heavy atom. The predicted molar refractivity (Wildman–Crippen MR) is 87.9 cm³/mol. The first kappa shape index (κ1) is 12.8. The number of nitrogens with zero attached hydrogens (tertiary/aromatic N) is 2. The van der Waals surface area contributed by atoms with Crippen LogP contribution in [0, 0.1) is 10.5 Å². The molecule has 0 saturated carbocycles. The summed E-state index contributed by atoms with van der Waals surface area (Å²) in [5, 5.41) is 11.3. The van der Waals surface area contributed by atoms with E-state index in [1.165, 1.54) is 9.13 Å². The second-order valence-corrected chi connectivity index (χ2v) is 6.25. The van der Waals surface area contributed by atoms with E-state index in [1.54, 1.807) is 0 Å². The summed E-state index contributed by atoms with van der Waals surface area (Å²) in [6, 6.07) is 7.88. The van der Waals surface area contributed by atoms with Crippen LogP contribution in [0.3, 0.4) is 0 Å². The maximum atomic E-state index is 11.6. The first-order valence-electron chi connectivity index (χ1n) is 6.56. The highest BCUT2D eigenvalue weighted by Crippen LogP contribution is 2.29. The van der Waals surface area contributed by atoms with E-state index in [4.69, 9.17) is 0 Å². The van der Waals surface area contributed by atoms with Gasteiger partial charge in [-0.25, -0.2) is 4.98 Å². The molecule has 1 aromatic carbocycles. The predicted octanol–water partition coefficient (Wildman–Crippen LogP) is 2.78. The monoisotopic (exact) mass is 390 g/mol. The van der Waals surface area contributed by atoms with E-state index in [-0.39, 0.29) is 5.91 Å². The standard InChI is InChI=1S/C15H11IN4O/c1-7-4-12-9(5-10(7)16)14(20-19-12)11-3-2-8-13(18-11)6-17-15(8)21/h2-5H,6H2,1H3,(H,17,21)(H,19,20). The van der Waals surface area contributed by atoms with Crippen molar-refractivity contribution < 1.29 is 4.79 Å². The lowest BCUT2D eigenvalue weighted by molar-refractivity contribution is 0.0966. The number of nitrogens with one attached hydrogen (secondary N) is 2. The van der Waals surface area contributed by atoms with Crippen molar-refractivity contribution in [3.8, 4) is 11.4 Å². The zero-order valence-electron chi connectivity index (χ0n) is 11.2. The largest absolute Gasteiger partial charge is 0.346 e. The number of benzene rings is 1. The summed E-state index contributed by atoms with van der Waals surface area (Å²) in [5.74, 6) is -0.0545. The first-order chi connectivity index (χ1) is 10.1. The van der Waals surface area contributed by atoms with Gasteiger partial charge in [0.2, 0.25) is 0 Å². The fraction of sp³-hybridized carbons (Fsp3) is 0.133. The van der Waals surface area contributed by atoms with Gasteiger partial charge < -0.3 is 5.32 Å². The van der Waals surface area contributed by atoms with Crippen molar-refractivity contribution in [3.63, 3.8) is 0 Å². The molecular weight excluding hydrogens is 379 g/mol. The first-order valence-corrected chi connectivity index (χ1v) is 7.64. The van der Waals surface area contributed by atoms with E-state index in [9.17, 15) is 4.79 Å². The summed E-state index contributed by atoms with van der Waals surface area (Å²) in [6.45, 7) is 2.56. The SMILES string of the molecule is Cc1cc2[nH]nc(-c3ccc4c(n3)CNC4=O)c2cc1I. The topological polar surface area (TPSA) is 70.7 Å². The molecule has 3 aromatic rings. The second kappa shape index (κ2) is 4.52. The van der Waals surface area contributed by atoms with Gasteiger partial charge in [0, 0.05) is 8.96 Å². The lowest BCUT2D eigenvalue weighted by Crippen LogP contribution is -2.12. The van der Waals surface area contributed by atoms with Gasteiger partial charge in [-0.15, -0.1) is 0 Å². The van der Waals surface area contributed by atoms with Crippen LogP contribution in [0.25, 0.3) is 22.3 Å². The molecule has 0 atom stereocenters. The van der Waals surface area contributed by atoms with Crippen molar-refractivity contribution in [1.82, 2.24) is 20.5 Å². The van der Waals surface area contributed by atoms with Crippen molar-refractivity contribution in [3.05, 3.63) is 44.7 Å². The Labute approximate surface area is 134 Å². The lowest BCUT2D eigenvalue weighted by atomic mass is 10.1. The van der Waals surface area contributed by atoms with Crippen molar-refractivity contribution >= 4 is 39.4 Å². The average molecular weight is 390 g/mol. The van der Waals surface area contributed by atoms with Crippen LogP contribution >= 0.6 is 22.6 Å². The smallest absolute Gasteiger partial charge is 0.253 e. The molecule has 0 fully saturated rings. The van der Waals surface area contributed by atoms with Crippen LogP contribution in [0.15, 0.2) is 24.3 Å². The van der Waals surface area contributed by atoms with E-state index >= 15 is 0 Å². The van der Waals surface area contributed by atoms with Gasteiger partial charge >= 0.3 is 0 Å². The zero-order valence-corrected chi connectivity index (χ0v) is 13.4. The Morgan fingerprint density at radius 3 is 3.00 bits per heavy atom. The number of carbonyl (C=O) groups excluding carboxylic acids is 1. The minimum Gasteiger partial charge on any atom is -0.346 e. The number of H-pyrrole nitrogens is 1. The molecule has 0 spiro atoms. The van der Waals surface area contributed by atoms with Gasteiger partial charge in [-0.1, -0.05) is 0 Å². The number of fused-ring (bicyclic) bond motifs is 2. The number of aromatic nitrogens is 3. The molecular formula is C15H11IN4O. The molecule has 5 nitrogen and oxygen atoms in total. The Bertz CT molecular complexity index is 900. The molecule has 0 unspecified atom stereocenters. The highest BCUT2D eigenvalue weighted by Gasteiger charge is 2.21. The maximum Gasteiger partial charge on any atom is 0.253 e. The van der Waals surface area contributed by atoms with E-state index in [2.05, 4.69) is 62.1 Å². The summed E-state index contributed by atoms with van der Waals surface area (Å²) in [7, 11) is 0. The second-order valence-electron chi connectivity index (χ2n) is 5.09. The minimum atomic E-state index is -0.0545. The summed E-state index contributed by atoms with van der Waals surface area (Å²) in [5.41, 5.74) is 5.27. The van der Waals surface area contributed by atoms with Gasteiger partial charge in [0.05, 0.1) is 29.0 Å². The molecule has 21 heavy (non-hydrogen) atoms. The van der Waals surface area contributed by atoms with Gasteiger partial charge in [-0.3, -0.25) is 9.89 Å². The van der Waals surface area contributed by atoms with E-state index in [0.29, 0.717) is 12.1 Å². The van der Waals surface area contributed by atoms with Crippen molar-refractivity contribution in [2.24, 2.45) is 0 Å². The normalized spacial score (nSPS) is 13.5.